The molecule has 18 heavy (non-hydrogen) atoms. The SMILES string of the molecule is CCC(C)N(CCOC)c1nc(C)c(C)nc1Cl. The lowest BCUT2D eigenvalue weighted by Crippen LogP contribution is -2.36. The molecule has 1 aromatic heterocycles. The molecule has 1 rings (SSSR count). The first-order valence-corrected chi connectivity index (χ1v) is 6.65. The Kier molecular flexibility index (Phi) is 5.82. The molecule has 0 saturated heterocycles. The molecule has 1 aromatic rings. The zero-order valence-corrected chi connectivity index (χ0v) is 12.6. The molecule has 4 nitrogen and oxygen atoms in total. The third-order valence-electron chi connectivity index (χ3n) is 3.18. The van der Waals surface area contributed by atoms with Gasteiger partial charge in [-0.2, -0.15) is 0 Å². The fraction of sp³-hybridized carbons (Fsp3) is 0.692. The zero-order chi connectivity index (χ0) is 13.7. The minimum absolute atomic E-state index is 0.356. The van der Waals surface area contributed by atoms with Crippen LogP contribution in [0.2, 0.25) is 5.15 Å². The van der Waals surface area contributed by atoms with Crippen LogP contribution in [0.1, 0.15) is 31.7 Å². The van der Waals surface area contributed by atoms with Crippen LogP contribution >= 0.6 is 11.6 Å². The lowest BCUT2D eigenvalue weighted by atomic mass is 10.2. The van der Waals surface area contributed by atoms with E-state index < -0.39 is 0 Å². The van der Waals surface area contributed by atoms with Crippen LogP contribution in [0, 0.1) is 13.8 Å². The number of hydrogen-bond donors (Lipinski definition) is 0. The summed E-state index contributed by atoms with van der Waals surface area (Å²) in [6.45, 7) is 9.58. The van der Waals surface area contributed by atoms with Crippen LogP contribution in [0.3, 0.4) is 0 Å². The Hall–Kier alpha value is -0.870. The second-order valence-corrected chi connectivity index (χ2v) is 4.81. The topological polar surface area (TPSA) is 38.2 Å². The number of hydrogen-bond acceptors (Lipinski definition) is 4. The summed E-state index contributed by atoms with van der Waals surface area (Å²) in [4.78, 5) is 11.1. The molecule has 0 aliphatic heterocycles. The Morgan fingerprint density at radius 1 is 1.28 bits per heavy atom. The van der Waals surface area contributed by atoms with Crippen molar-refractivity contribution in [3.63, 3.8) is 0 Å². The van der Waals surface area contributed by atoms with Crippen LogP contribution in [0.4, 0.5) is 5.82 Å². The highest BCUT2D eigenvalue weighted by atomic mass is 35.5. The van der Waals surface area contributed by atoms with Gasteiger partial charge in [0.2, 0.25) is 0 Å². The lowest BCUT2D eigenvalue weighted by molar-refractivity contribution is 0.203. The smallest absolute Gasteiger partial charge is 0.171 e. The van der Waals surface area contributed by atoms with Crippen molar-refractivity contribution in [3.05, 3.63) is 16.5 Å². The second kappa shape index (κ2) is 6.90. The number of anilines is 1. The minimum atomic E-state index is 0.356. The summed E-state index contributed by atoms with van der Waals surface area (Å²) in [5.41, 5.74) is 1.79. The van der Waals surface area contributed by atoms with Gasteiger partial charge in [-0.15, -0.1) is 0 Å². The summed E-state index contributed by atoms with van der Waals surface area (Å²) in [7, 11) is 1.70. The molecule has 0 N–H and O–H groups in total. The Balaban J connectivity index is 3.07. The van der Waals surface area contributed by atoms with E-state index in [4.69, 9.17) is 16.3 Å². The van der Waals surface area contributed by atoms with Crippen LogP contribution in [-0.2, 0) is 4.74 Å². The van der Waals surface area contributed by atoms with Crippen LogP contribution < -0.4 is 4.90 Å². The largest absolute Gasteiger partial charge is 0.383 e. The number of aromatic nitrogens is 2. The Bertz CT molecular complexity index is 398. The van der Waals surface area contributed by atoms with Gasteiger partial charge in [-0.05, 0) is 27.2 Å². The summed E-state index contributed by atoms with van der Waals surface area (Å²) < 4.78 is 5.15. The van der Waals surface area contributed by atoms with Gasteiger partial charge in [-0.25, -0.2) is 9.97 Å². The second-order valence-electron chi connectivity index (χ2n) is 4.45. The summed E-state index contributed by atoms with van der Waals surface area (Å²) >= 11 is 6.22. The first kappa shape index (κ1) is 15.2. The molecule has 0 saturated carbocycles. The predicted octanol–water partition coefficient (Wildman–Crippen LogP) is 3.00. The molecule has 0 aliphatic carbocycles. The standard InChI is InChI=1S/C13H22ClN3O/c1-6-9(2)17(7-8-18-5)13-12(14)15-10(3)11(4)16-13/h9H,6-8H2,1-5H3. The number of ether oxygens (including phenoxy) is 1. The van der Waals surface area contributed by atoms with Gasteiger partial charge in [0.15, 0.2) is 11.0 Å². The molecular weight excluding hydrogens is 250 g/mol. The molecule has 0 radical (unpaired) electrons. The Labute approximate surface area is 114 Å². The Morgan fingerprint density at radius 3 is 2.44 bits per heavy atom. The van der Waals surface area contributed by atoms with E-state index in [1.165, 1.54) is 0 Å². The van der Waals surface area contributed by atoms with E-state index >= 15 is 0 Å². The third-order valence-corrected chi connectivity index (χ3v) is 3.43. The monoisotopic (exact) mass is 271 g/mol. The normalized spacial score (nSPS) is 12.6. The number of rotatable bonds is 6. The van der Waals surface area contributed by atoms with Crippen LogP contribution in [0.15, 0.2) is 0 Å². The van der Waals surface area contributed by atoms with E-state index in [0.29, 0.717) is 17.8 Å². The van der Waals surface area contributed by atoms with E-state index in [2.05, 4.69) is 28.7 Å². The van der Waals surface area contributed by atoms with Crippen molar-refractivity contribution >= 4 is 17.4 Å². The van der Waals surface area contributed by atoms with E-state index in [1.54, 1.807) is 7.11 Å². The van der Waals surface area contributed by atoms with Crippen molar-refractivity contribution < 1.29 is 4.74 Å². The quantitative estimate of drug-likeness (QED) is 0.797. The molecule has 5 heteroatoms. The predicted molar refractivity (Wildman–Crippen MR) is 75.5 cm³/mol. The van der Waals surface area contributed by atoms with Gasteiger partial charge >= 0.3 is 0 Å². The zero-order valence-electron chi connectivity index (χ0n) is 11.8. The van der Waals surface area contributed by atoms with Gasteiger partial charge in [0.05, 0.1) is 18.0 Å². The molecule has 0 aromatic carbocycles. The van der Waals surface area contributed by atoms with Crippen molar-refractivity contribution in [2.24, 2.45) is 0 Å². The van der Waals surface area contributed by atoms with Crippen LogP contribution in [0.25, 0.3) is 0 Å². The van der Waals surface area contributed by atoms with Gasteiger partial charge in [0.1, 0.15) is 0 Å². The van der Waals surface area contributed by atoms with Gasteiger partial charge < -0.3 is 9.64 Å². The Morgan fingerprint density at radius 2 is 1.89 bits per heavy atom. The maximum Gasteiger partial charge on any atom is 0.171 e. The van der Waals surface area contributed by atoms with E-state index in [-0.39, 0.29) is 0 Å². The molecule has 0 spiro atoms. The molecule has 0 amide bonds. The highest BCUT2D eigenvalue weighted by Gasteiger charge is 2.19. The first-order chi connectivity index (χ1) is 8.51. The average Bonchev–Trinajstić information content (AvgIpc) is 2.35. The molecule has 102 valence electrons. The van der Waals surface area contributed by atoms with Gasteiger partial charge in [-0.3, -0.25) is 0 Å². The van der Waals surface area contributed by atoms with Gasteiger partial charge in [-0.1, -0.05) is 18.5 Å². The molecule has 1 atom stereocenters. The first-order valence-electron chi connectivity index (χ1n) is 6.27. The molecular formula is C13H22ClN3O. The molecule has 0 aliphatic rings. The maximum atomic E-state index is 6.22. The summed E-state index contributed by atoms with van der Waals surface area (Å²) in [6.07, 6.45) is 1.02. The molecule has 0 fully saturated rings. The molecule has 1 unspecified atom stereocenters. The number of nitrogens with zero attached hydrogens (tertiary/aromatic N) is 3. The van der Waals surface area contributed by atoms with Crippen LogP contribution in [0.5, 0.6) is 0 Å². The highest BCUT2D eigenvalue weighted by molar-refractivity contribution is 6.31. The summed E-state index contributed by atoms with van der Waals surface area (Å²) in [5.74, 6) is 0.756. The third kappa shape index (κ3) is 3.56. The van der Waals surface area contributed by atoms with E-state index in [1.807, 2.05) is 13.8 Å². The van der Waals surface area contributed by atoms with Crippen molar-refractivity contribution in [1.29, 1.82) is 0 Å². The lowest BCUT2D eigenvalue weighted by Gasteiger charge is -2.30. The van der Waals surface area contributed by atoms with E-state index in [9.17, 15) is 0 Å². The maximum absolute atomic E-state index is 6.22. The molecule has 0 bridgehead atoms. The summed E-state index contributed by atoms with van der Waals surface area (Å²) in [5, 5.41) is 0.467. The highest BCUT2D eigenvalue weighted by Crippen LogP contribution is 2.25. The van der Waals surface area contributed by atoms with Gasteiger partial charge in [0, 0.05) is 19.7 Å². The van der Waals surface area contributed by atoms with Gasteiger partial charge in [0.25, 0.3) is 0 Å². The fourth-order valence-corrected chi connectivity index (χ4v) is 1.97. The van der Waals surface area contributed by atoms with E-state index in [0.717, 1.165) is 30.2 Å². The number of aryl methyl sites for hydroxylation is 2. The van der Waals surface area contributed by atoms with Crippen LogP contribution in [-0.4, -0.2) is 36.3 Å². The van der Waals surface area contributed by atoms with Crippen molar-refractivity contribution in [2.45, 2.75) is 40.2 Å². The summed E-state index contributed by atoms with van der Waals surface area (Å²) in [6, 6.07) is 0.356. The average molecular weight is 272 g/mol. The number of halogens is 1. The molecule has 1 heterocycles. The number of methoxy groups -OCH3 is 1. The van der Waals surface area contributed by atoms with Crippen molar-refractivity contribution in [3.8, 4) is 0 Å². The van der Waals surface area contributed by atoms with Crippen molar-refractivity contribution in [2.75, 3.05) is 25.2 Å². The minimum Gasteiger partial charge on any atom is -0.383 e. The fourth-order valence-electron chi connectivity index (χ4n) is 1.69. The van der Waals surface area contributed by atoms with Crippen molar-refractivity contribution in [1.82, 2.24) is 9.97 Å².